The second-order valence-electron chi connectivity index (χ2n) is 5.39. The number of rotatable bonds is 7. The minimum atomic E-state index is -0.235. The largest absolute Gasteiger partial charge is 0.368 e. The molecule has 3 rings (SSSR count). The van der Waals surface area contributed by atoms with E-state index in [1.54, 1.807) is 11.8 Å². The van der Waals surface area contributed by atoms with Gasteiger partial charge in [-0.2, -0.15) is 0 Å². The van der Waals surface area contributed by atoms with E-state index in [2.05, 4.69) is 25.9 Å². The number of anilines is 2. The van der Waals surface area contributed by atoms with Crippen LogP contribution in [0.4, 0.5) is 16.3 Å². The zero-order valence-electron chi connectivity index (χ0n) is 14.3. The number of amides is 2. The minimum Gasteiger partial charge on any atom is -0.368 e. The van der Waals surface area contributed by atoms with Gasteiger partial charge in [-0.05, 0) is 36.6 Å². The summed E-state index contributed by atoms with van der Waals surface area (Å²) in [6.07, 6.45) is 7.35. The van der Waals surface area contributed by atoms with Crippen LogP contribution in [0.1, 0.15) is 0 Å². The number of carbonyl (C=O) groups excluding carboxylic acids is 1. The van der Waals surface area contributed by atoms with Gasteiger partial charge in [-0.15, -0.1) is 11.8 Å². The molecule has 0 unspecified atom stereocenters. The predicted molar refractivity (Wildman–Crippen MR) is 105 cm³/mol. The van der Waals surface area contributed by atoms with Gasteiger partial charge in [0.15, 0.2) is 0 Å². The van der Waals surface area contributed by atoms with Crippen LogP contribution in [0.3, 0.4) is 0 Å². The number of hydrogen-bond donors (Lipinski definition) is 3. The SMILES string of the molecule is CSc1cccc(NC(=O)NCCNc2cc(-n3cccc3)ncn2)c1. The van der Waals surface area contributed by atoms with Gasteiger partial charge in [0.2, 0.25) is 0 Å². The molecule has 0 saturated carbocycles. The first-order valence-corrected chi connectivity index (χ1v) is 9.35. The topological polar surface area (TPSA) is 83.9 Å². The lowest BCUT2D eigenvalue weighted by atomic mass is 10.3. The first-order valence-electron chi connectivity index (χ1n) is 8.13. The van der Waals surface area contributed by atoms with Crippen LogP contribution in [0.25, 0.3) is 5.82 Å². The second kappa shape index (κ2) is 8.91. The zero-order chi connectivity index (χ0) is 18.2. The summed E-state index contributed by atoms with van der Waals surface area (Å²) in [5.74, 6) is 1.49. The number of urea groups is 1. The summed E-state index contributed by atoms with van der Waals surface area (Å²) in [6, 6.07) is 13.2. The van der Waals surface area contributed by atoms with Crippen LogP contribution in [-0.2, 0) is 0 Å². The van der Waals surface area contributed by atoms with E-state index in [1.807, 2.05) is 65.7 Å². The van der Waals surface area contributed by atoms with Crippen molar-refractivity contribution in [1.29, 1.82) is 0 Å². The van der Waals surface area contributed by atoms with Crippen LogP contribution >= 0.6 is 11.8 Å². The number of nitrogens with zero attached hydrogens (tertiary/aromatic N) is 3. The lowest BCUT2D eigenvalue weighted by Gasteiger charge is -2.10. The molecule has 0 atom stereocenters. The summed E-state index contributed by atoms with van der Waals surface area (Å²) in [7, 11) is 0. The van der Waals surface area contributed by atoms with Crippen molar-refractivity contribution in [2.75, 3.05) is 30.0 Å². The Kier molecular flexibility index (Phi) is 6.10. The van der Waals surface area contributed by atoms with Gasteiger partial charge in [-0.25, -0.2) is 14.8 Å². The summed E-state index contributed by atoms with van der Waals surface area (Å²) in [6.45, 7) is 1.03. The van der Waals surface area contributed by atoms with Crippen LogP contribution in [0.15, 0.2) is 66.1 Å². The Balaban J connectivity index is 1.44. The molecule has 1 aromatic carbocycles. The normalized spacial score (nSPS) is 10.3. The molecule has 0 bridgehead atoms. The van der Waals surface area contributed by atoms with Crippen LogP contribution in [0, 0.1) is 0 Å². The van der Waals surface area contributed by atoms with Crippen molar-refractivity contribution in [3.8, 4) is 5.82 Å². The molecule has 3 N–H and O–H groups in total. The van der Waals surface area contributed by atoms with Crippen molar-refractivity contribution in [3.63, 3.8) is 0 Å². The van der Waals surface area contributed by atoms with E-state index in [4.69, 9.17) is 0 Å². The van der Waals surface area contributed by atoms with Crippen molar-refractivity contribution < 1.29 is 4.79 Å². The number of benzene rings is 1. The Morgan fingerprint density at radius 3 is 2.77 bits per heavy atom. The molecule has 3 aromatic rings. The summed E-state index contributed by atoms with van der Waals surface area (Å²) in [5, 5.41) is 8.81. The monoisotopic (exact) mass is 368 g/mol. The van der Waals surface area contributed by atoms with E-state index in [9.17, 15) is 4.79 Å². The Labute approximate surface area is 156 Å². The van der Waals surface area contributed by atoms with Gasteiger partial charge in [-0.3, -0.25) is 0 Å². The average molecular weight is 368 g/mol. The molecular formula is C18H20N6OS. The highest BCUT2D eigenvalue weighted by Crippen LogP contribution is 2.18. The van der Waals surface area contributed by atoms with E-state index < -0.39 is 0 Å². The van der Waals surface area contributed by atoms with Crippen LogP contribution in [0.5, 0.6) is 0 Å². The quantitative estimate of drug-likeness (QED) is 0.440. The number of aromatic nitrogens is 3. The van der Waals surface area contributed by atoms with E-state index in [-0.39, 0.29) is 6.03 Å². The Morgan fingerprint density at radius 2 is 1.96 bits per heavy atom. The van der Waals surface area contributed by atoms with E-state index in [0.717, 1.165) is 16.4 Å². The maximum absolute atomic E-state index is 11.9. The molecule has 0 aliphatic rings. The molecule has 7 nitrogen and oxygen atoms in total. The van der Waals surface area contributed by atoms with Crippen LogP contribution in [0.2, 0.25) is 0 Å². The molecule has 8 heteroatoms. The molecular weight excluding hydrogens is 348 g/mol. The molecule has 2 amide bonds. The molecule has 0 spiro atoms. The number of thioether (sulfide) groups is 1. The van der Waals surface area contributed by atoms with Gasteiger partial charge in [0, 0.05) is 42.1 Å². The maximum Gasteiger partial charge on any atom is 0.319 e. The highest BCUT2D eigenvalue weighted by atomic mass is 32.2. The second-order valence-corrected chi connectivity index (χ2v) is 6.27. The van der Waals surface area contributed by atoms with Crippen molar-refractivity contribution in [2.24, 2.45) is 0 Å². The average Bonchev–Trinajstić information content (AvgIpc) is 3.20. The summed E-state index contributed by atoms with van der Waals surface area (Å²) < 4.78 is 1.90. The third kappa shape index (κ3) is 5.00. The summed E-state index contributed by atoms with van der Waals surface area (Å²) in [4.78, 5) is 21.5. The fourth-order valence-corrected chi connectivity index (χ4v) is 2.77. The molecule has 134 valence electrons. The highest BCUT2D eigenvalue weighted by molar-refractivity contribution is 7.98. The van der Waals surface area contributed by atoms with E-state index in [1.165, 1.54) is 6.33 Å². The first kappa shape index (κ1) is 17.8. The van der Waals surface area contributed by atoms with Crippen molar-refractivity contribution in [3.05, 3.63) is 61.2 Å². The van der Waals surface area contributed by atoms with Crippen LogP contribution in [-0.4, -0.2) is 39.9 Å². The summed E-state index contributed by atoms with van der Waals surface area (Å²) in [5.41, 5.74) is 0.773. The van der Waals surface area contributed by atoms with Crippen molar-refractivity contribution in [1.82, 2.24) is 19.9 Å². The van der Waals surface area contributed by atoms with E-state index in [0.29, 0.717) is 18.9 Å². The third-order valence-electron chi connectivity index (χ3n) is 3.57. The van der Waals surface area contributed by atoms with Crippen molar-refractivity contribution in [2.45, 2.75) is 4.90 Å². The number of hydrogen-bond acceptors (Lipinski definition) is 5. The summed E-state index contributed by atoms with van der Waals surface area (Å²) >= 11 is 1.63. The molecule has 0 aliphatic carbocycles. The zero-order valence-corrected chi connectivity index (χ0v) is 15.2. The lowest BCUT2D eigenvalue weighted by Crippen LogP contribution is -2.32. The maximum atomic E-state index is 11.9. The lowest BCUT2D eigenvalue weighted by molar-refractivity contribution is 0.252. The van der Waals surface area contributed by atoms with E-state index >= 15 is 0 Å². The number of carbonyl (C=O) groups is 1. The fourth-order valence-electron chi connectivity index (χ4n) is 2.31. The molecule has 2 aromatic heterocycles. The molecule has 0 aliphatic heterocycles. The van der Waals surface area contributed by atoms with Gasteiger partial charge in [0.1, 0.15) is 18.0 Å². The minimum absolute atomic E-state index is 0.235. The fraction of sp³-hybridized carbons (Fsp3) is 0.167. The predicted octanol–water partition coefficient (Wildman–Crippen LogP) is 3.22. The molecule has 0 radical (unpaired) electrons. The number of nitrogens with one attached hydrogen (secondary N) is 3. The van der Waals surface area contributed by atoms with Gasteiger partial charge in [0.05, 0.1) is 0 Å². The highest BCUT2D eigenvalue weighted by Gasteiger charge is 2.03. The Morgan fingerprint density at radius 1 is 1.12 bits per heavy atom. The molecule has 0 fully saturated rings. The van der Waals surface area contributed by atoms with Gasteiger partial charge >= 0.3 is 6.03 Å². The van der Waals surface area contributed by atoms with Gasteiger partial charge in [0.25, 0.3) is 0 Å². The van der Waals surface area contributed by atoms with Gasteiger partial charge in [-0.1, -0.05) is 6.07 Å². The smallest absolute Gasteiger partial charge is 0.319 e. The van der Waals surface area contributed by atoms with Crippen LogP contribution < -0.4 is 16.0 Å². The molecule has 0 saturated heterocycles. The molecule has 2 heterocycles. The first-order chi connectivity index (χ1) is 12.7. The van der Waals surface area contributed by atoms with Gasteiger partial charge < -0.3 is 20.5 Å². The Hall–Kier alpha value is -3.00. The third-order valence-corrected chi connectivity index (χ3v) is 4.29. The molecule has 26 heavy (non-hydrogen) atoms. The standard InChI is InChI=1S/C18H20N6OS/c1-26-15-6-4-5-14(11-15)23-18(25)20-8-7-19-16-12-17(22-13-21-16)24-9-2-3-10-24/h2-6,9-13H,7-8H2,1H3,(H,19,21,22)(H2,20,23,25). The Bertz CT molecular complexity index is 852. The van der Waals surface area contributed by atoms with Crippen molar-refractivity contribution >= 4 is 29.3 Å².